The highest BCUT2D eigenvalue weighted by molar-refractivity contribution is 5.94. The van der Waals surface area contributed by atoms with Crippen LogP contribution in [0, 0.1) is 0 Å². The molecule has 2 nitrogen and oxygen atoms in total. The molecule has 0 radical (unpaired) electrons. The molecule has 0 spiro atoms. The summed E-state index contributed by atoms with van der Waals surface area (Å²) >= 11 is 0. The second-order valence-electron chi connectivity index (χ2n) is 6.14. The van der Waals surface area contributed by atoms with Crippen molar-refractivity contribution < 1.29 is 0 Å². The maximum atomic E-state index is 2.37. The lowest BCUT2D eigenvalue weighted by Gasteiger charge is -2.25. The van der Waals surface area contributed by atoms with Gasteiger partial charge in [0.1, 0.15) is 0 Å². The maximum Gasteiger partial charge on any atom is 0.0443 e. The summed E-state index contributed by atoms with van der Waals surface area (Å²) in [6, 6.07) is 25.8. The number of hydrogen-bond acceptors (Lipinski definition) is 2. The summed E-state index contributed by atoms with van der Waals surface area (Å²) in [6.07, 6.45) is 0. The fraction of sp³-hybridized carbons (Fsp3) is 0.238. The van der Waals surface area contributed by atoms with E-state index in [1.54, 1.807) is 0 Å². The van der Waals surface area contributed by atoms with E-state index in [4.69, 9.17) is 0 Å². The first-order valence-corrected chi connectivity index (χ1v) is 8.15. The van der Waals surface area contributed by atoms with Crippen molar-refractivity contribution in [3.8, 4) is 0 Å². The van der Waals surface area contributed by atoms with Crippen molar-refractivity contribution in [2.45, 2.75) is 6.54 Å². The Labute approximate surface area is 151 Å². The normalized spacial score (nSPS) is 10.6. The minimum Gasteiger partial charge on any atom is -0.373 e. The van der Waals surface area contributed by atoms with E-state index >= 15 is 0 Å². The lowest BCUT2D eigenvalue weighted by atomic mass is 10.1. The summed E-state index contributed by atoms with van der Waals surface area (Å²) < 4.78 is 0. The van der Waals surface area contributed by atoms with Crippen LogP contribution in [0.15, 0.2) is 72.8 Å². The number of benzene rings is 3. The third-order valence-corrected chi connectivity index (χ3v) is 4.29. The summed E-state index contributed by atoms with van der Waals surface area (Å²) in [5.74, 6) is 0. The SMILES string of the molecule is CN(CCN(C)c1cccc2ccccc12)Cc1ccccc1.Cl. The highest BCUT2D eigenvalue weighted by atomic mass is 35.5. The van der Waals surface area contributed by atoms with Crippen LogP contribution in [0.1, 0.15) is 5.56 Å². The number of fused-ring (bicyclic) bond motifs is 1. The minimum absolute atomic E-state index is 0. The molecule has 0 aliphatic rings. The molecule has 0 aliphatic heterocycles. The molecule has 24 heavy (non-hydrogen) atoms. The summed E-state index contributed by atoms with van der Waals surface area (Å²) in [5, 5.41) is 2.62. The lowest BCUT2D eigenvalue weighted by molar-refractivity contribution is 0.334. The minimum atomic E-state index is 0. The molecule has 0 bridgehead atoms. The molecule has 0 atom stereocenters. The van der Waals surface area contributed by atoms with Crippen LogP contribution in [0.5, 0.6) is 0 Å². The van der Waals surface area contributed by atoms with Gasteiger partial charge in [-0.25, -0.2) is 0 Å². The van der Waals surface area contributed by atoms with Crippen LogP contribution in [0.2, 0.25) is 0 Å². The number of hydrogen-bond donors (Lipinski definition) is 0. The van der Waals surface area contributed by atoms with Gasteiger partial charge in [-0.3, -0.25) is 0 Å². The van der Waals surface area contributed by atoms with Gasteiger partial charge in [-0.15, -0.1) is 12.4 Å². The van der Waals surface area contributed by atoms with E-state index in [-0.39, 0.29) is 12.4 Å². The first kappa shape index (κ1) is 18.3. The molecule has 126 valence electrons. The average molecular weight is 341 g/mol. The Hall–Kier alpha value is -2.03. The second-order valence-corrected chi connectivity index (χ2v) is 6.14. The van der Waals surface area contributed by atoms with Crippen LogP contribution >= 0.6 is 12.4 Å². The van der Waals surface area contributed by atoms with Crippen molar-refractivity contribution >= 4 is 28.9 Å². The van der Waals surface area contributed by atoms with Gasteiger partial charge in [0.2, 0.25) is 0 Å². The molecule has 3 aromatic rings. The van der Waals surface area contributed by atoms with Crippen LogP contribution < -0.4 is 4.90 Å². The molecular formula is C21H25ClN2. The standard InChI is InChI=1S/C21H24N2.ClH/c1-22(17-18-9-4-3-5-10-18)15-16-23(2)21-14-8-12-19-11-6-7-13-20(19)21;/h3-14H,15-17H2,1-2H3;1H. The van der Waals surface area contributed by atoms with Gasteiger partial charge in [-0.2, -0.15) is 0 Å². The lowest BCUT2D eigenvalue weighted by Crippen LogP contribution is -2.30. The Morgan fingerprint density at radius 1 is 0.708 bits per heavy atom. The Bertz CT molecular complexity index is 753. The topological polar surface area (TPSA) is 6.48 Å². The van der Waals surface area contributed by atoms with Crippen molar-refractivity contribution in [3.63, 3.8) is 0 Å². The Kier molecular flexibility index (Phi) is 6.65. The van der Waals surface area contributed by atoms with E-state index in [1.165, 1.54) is 22.0 Å². The zero-order valence-electron chi connectivity index (χ0n) is 14.4. The molecule has 0 saturated heterocycles. The summed E-state index contributed by atoms with van der Waals surface area (Å²) in [5.41, 5.74) is 2.67. The van der Waals surface area contributed by atoms with Gasteiger partial charge >= 0.3 is 0 Å². The van der Waals surface area contributed by atoms with Crippen molar-refractivity contribution in [1.29, 1.82) is 0 Å². The predicted octanol–water partition coefficient (Wildman–Crippen LogP) is 4.83. The molecule has 0 unspecified atom stereocenters. The molecule has 0 aliphatic carbocycles. The number of anilines is 1. The maximum absolute atomic E-state index is 2.37. The van der Waals surface area contributed by atoms with Crippen LogP contribution in [0.25, 0.3) is 10.8 Å². The van der Waals surface area contributed by atoms with Crippen molar-refractivity contribution in [2.24, 2.45) is 0 Å². The van der Waals surface area contributed by atoms with E-state index in [0.717, 1.165) is 19.6 Å². The molecule has 0 saturated carbocycles. The molecule has 0 N–H and O–H groups in total. The Balaban J connectivity index is 0.00000208. The molecule has 3 heteroatoms. The van der Waals surface area contributed by atoms with Gasteiger partial charge in [0.05, 0.1) is 0 Å². The smallest absolute Gasteiger partial charge is 0.0443 e. The van der Waals surface area contributed by atoms with E-state index in [2.05, 4.69) is 96.7 Å². The highest BCUT2D eigenvalue weighted by Crippen LogP contribution is 2.25. The van der Waals surface area contributed by atoms with E-state index in [1.807, 2.05) is 0 Å². The average Bonchev–Trinajstić information content (AvgIpc) is 2.60. The highest BCUT2D eigenvalue weighted by Gasteiger charge is 2.07. The molecule has 0 heterocycles. The molecule has 3 aromatic carbocycles. The van der Waals surface area contributed by atoms with E-state index < -0.39 is 0 Å². The Morgan fingerprint density at radius 3 is 2.17 bits per heavy atom. The number of likely N-dealkylation sites (N-methyl/N-ethyl adjacent to an activating group) is 2. The molecule has 3 rings (SSSR count). The second kappa shape index (κ2) is 8.72. The van der Waals surface area contributed by atoms with Crippen LogP contribution in [0.3, 0.4) is 0 Å². The monoisotopic (exact) mass is 340 g/mol. The number of nitrogens with zero attached hydrogens (tertiary/aromatic N) is 2. The van der Waals surface area contributed by atoms with Crippen LogP contribution in [-0.4, -0.2) is 32.1 Å². The quantitative estimate of drug-likeness (QED) is 0.634. The first-order chi connectivity index (χ1) is 11.2. The summed E-state index contributed by atoms with van der Waals surface area (Å²) in [6.45, 7) is 3.04. The molecule has 0 fully saturated rings. The van der Waals surface area contributed by atoms with Gasteiger partial charge in [-0.1, -0.05) is 66.7 Å². The number of halogens is 1. The van der Waals surface area contributed by atoms with Crippen molar-refractivity contribution in [3.05, 3.63) is 78.4 Å². The zero-order chi connectivity index (χ0) is 16.1. The fourth-order valence-corrected chi connectivity index (χ4v) is 2.96. The summed E-state index contributed by atoms with van der Waals surface area (Å²) in [4.78, 5) is 4.72. The van der Waals surface area contributed by atoms with Gasteiger partial charge in [-0.05, 0) is 24.1 Å². The van der Waals surface area contributed by atoms with Crippen LogP contribution in [0.4, 0.5) is 5.69 Å². The van der Waals surface area contributed by atoms with Gasteiger partial charge in [0, 0.05) is 37.8 Å². The third-order valence-electron chi connectivity index (χ3n) is 4.29. The first-order valence-electron chi connectivity index (χ1n) is 8.15. The van der Waals surface area contributed by atoms with Crippen molar-refractivity contribution in [2.75, 3.05) is 32.1 Å². The van der Waals surface area contributed by atoms with E-state index in [9.17, 15) is 0 Å². The van der Waals surface area contributed by atoms with Gasteiger partial charge in [0.25, 0.3) is 0 Å². The predicted molar refractivity (Wildman–Crippen MR) is 107 cm³/mol. The zero-order valence-corrected chi connectivity index (χ0v) is 15.2. The molecular weight excluding hydrogens is 316 g/mol. The molecule has 0 aromatic heterocycles. The number of rotatable bonds is 6. The van der Waals surface area contributed by atoms with Gasteiger partial charge in [0.15, 0.2) is 0 Å². The largest absolute Gasteiger partial charge is 0.373 e. The summed E-state index contributed by atoms with van der Waals surface area (Å²) in [7, 11) is 4.36. The van der Waals surface area contributed by atoms with Crippen molar-refractivity contribution in [1.82, 2.24) is 4.90 Å². The fourth-order valence-electron chi connectivity index (χ4n) is 2.96. The van der Waals surface area contributed by atoms with Gasteiger partial charge < -0.3 is 9.80 Å². The Morgan fingerprint density at radius 2 is 1.38 bits per heavy atom. The van der Waals surface area contributed by atoms with Crippen LogP contribution in [-0.2, 0) is 6.54 Å². The molecule has 0 amide bonds. The van der Waals surface area contributed by atoms with E-state index in [0.29, 0.717) is 0 Å². The third kappa shape index (κ3) is 4.50.